The summed E-state index contributed by atoms with van der Waals surface area (Å²) in [5.74, 6) is -1.18. The molecule has 7 nitrogen and oxygen atoms in total. The van der Waals surface area contributed by atoms with E-state index in [2.05, 4.69) is 5.32 Å². The number of carbonyl (C=O) groups is 2. The number of hydrogen-bond donors (Lipinski definition) is 1. The number of hydrogen-bond acceptors (Lipinski definition) is 5. The minimum Gasteiger partial charge on any atom is -0.452 e. The molecule has 0 unspecified atom stereocenters. The van der Waals surface area contributed by atoms with E-state index in [1.165, 1.54) is 18.2 Å². The molecule has 0 saturated heterocycles. The normalized spacial score (nSPS) is 10.1. The van der Waals surface area contributed by atoms with Crippen LogP contribution >= 0.6 is 0 Å². The summed E-state index contributed by atoms with van der Waals surface area (Å²) in [6.07, 6.45) is 0. The molecule has 2 aromatic rings. The number of nitrogens with zero attached hydrogens (tertiary/aromatic N) is 1. The quantitative estimate of drug-likeness (QED) is 0.517. The van der Waals surface area contributed by atoms with Crippen LogP contribution in [-0.4, -0.2) is 23.4 Å². The highest BCUT2D eigenvalue weighted by Gasteiger charge is 2.13. The van der Waals surface area contributed by atoms with Crippen molar-refractivity contribution in [1.29, 1.82) is 0 Å². The average molecular weight is 328 g/mol. The van der Waals surface area contributed by atoms with E-state index in [-0.39, 0.29) is 5.69 Å². The van der Waals surface area contributed by atoms with Gasteiger partial charge in [0.15, 0.2) is 6.61 Å². The number of non-ortho nitro benzene ring substituents is 1. The van der Waals surface area contributed by atoms with Crippen molar-refractivity contribution in [3.8, 4) is 0 Å². The van der Waals surface area contributed by atoms with Crippen molar-refractivity contribution in [1.82, 2.24) is 0 Å². The fourth-order valence-electron chi connectivity index (χ4n) is 1.95. The molecule has 0 bridgehead atoms. The van der Waals surface area contributed by atoms with Crippen molar-refractivity contribution in [2.24, 2.45) is 0 Å². The van der Waals surface area contributed by atoms with Crippen molar-refractivity contribution in [3.05, 3.63) is 69.3 Å². The number of ether oxygens (including phenoxy) is 1. The zero-order chi connectivity index (χ0) is 17.7. The maximum atomic E-state index is 11.9. The lowest BCUT2D eigenvalue weighted by atomic mass is 10.1. The lowest BCUT2D eigenvalue weighted by Gasteiger charge is -2.09. The van der Waals surface area contributed by atoms with Crippen LogP contribution in [0.3, 0.4) is 0 Å². The van der Waals surface area contributed by atoms with E-state index in [4.69, 9.17) is 4.74 Å². The van der Waals surface area contributed by atoms with Crippen LogP contribution in [0.4, 0.5) is 11.4 Å². The first kappa shape index (κ1) is 17.1. The van der Waals surface area contributed by atoms with Gasteiger partial charge >= 0.3 is 5.97 Å². The Bertz CT molecular complexity index is 784. The Morgan fingerprint density at radius 3 is 2.42 bits per heavy atom. The fraction of sp³-hybridized carbons (Fsp3) is 0.176. The van der Waals surface area contributed by atoms with Gasteiger partial charge in [-0.1, -0.05) is 23.8 Å². The van der Waals surface area contributed by atoms with Gasteiger partial charge in [-0.15, -0.1) is 0 Å². The molecule has 0 aliphatic carbocycles. The summed E-state index contributed by atoms with van der Waals surface area (Å²) in [6, 6.07) is 10.9. The van der Waals surface area contributed by atoms with Crippen molar-refractivity contribution >= 4 is 23.3 Å². The Hall–Kier alpha value is -3.22. The van der Waals surface area contributed by atoms with E-state index < -0.39 is 23.4 Å². The zero-order valence-electron chi connectivity index (χ0n) is 13.2. The van der Waals surface area contributed by atoms with Gasteiger partial charge in [0.25, 0.3) is 11.6 Å². The first-order valence-electron chi connectivity index (χ1n) is 7.15. The molecule has 24 heavy (non-hydrogen) atoms. The maximum Gasteiger partial charge on any atom is 0.338 e. The molecule has 7 heteroatoms. The minimum absolute atomic E-state index is 0.132. The van der Waals surface area contributed by atoms with Crippen LogP contribution in [0.2, 0.25) is 0 Å². The number of carbonyl (C=O) groups excluding carboxylic acids is 2. The highest BCUT2D eigenvalue weighted by Crippen LogP contribution is 2.21. The SMILES string of the molecule is Cc1ccc(C(=O)OCC(=O)Nc2cc([N+](=O)[O-])ccc2C)cc1. The number of esters is 1. The molecular weight excluding hydrogens is 312 g/mol. The van der Waals surface area contributed by atoms with Gasteiger partial charge in [0.05, 0.1) is 16.2 Å². The van der Waals surface area contributed by atoms with E-state index in [1.807, 2.05) is 6.92 Å². The van der Waals surface area contributed by atoms with Gasteiger partial charge in [-0.2, -0.15) is 0 Å². The first-order chi connectivity index (χ1) is 11.4. The monoisotopic (exact) mass is 328 g/mol. The fourth-order valence-corrected chi connectivity index (χ4v) is 1.95. The summed E-state index contributed by atoms with van der Waals surface area (Å²) >= 11 is 0. The van der Waals surface area contributed by atoms with Crippen LogP contribution in [0, 0.1) is 24.0 Å². The van der Waals surface area contributed by atoms with Crippen LogP contribution in [-0.2, 0) is 9.53 Å². The Balaban J connectivity index is 1.96. The summed E-state index contributed by atoms with van der Waals surface area (Å²) in [7, 11) is 0. The number of benzene rings is 2. The molecule has 0 aliphatic heterocycles. The third kappa shape index (κ3) is 4.39. The molecule has 0 heterocycles. The van der Waals surface area contributed by atoms with E-state index >= 15 is 0 Å². The van der Waals surface area contributed by atoms with Crippen LogP contribution in [0.15, 0.2) is 42.5 Å². The van der Waals surface area contributed by atoms with E-state index in [9.17, 15) is 19.7 Å². The van der Waals surface area contributed by atoms with Crippen LogP contribution < -0.4 is 5.32 Å². The van der Waals surface area contributed by atoms with Gasteiger partial charge < -0.3 is 10.1 Å². The Labute approximate surface area is 138 Å². The number of nitro groups is 1. The van der Waals surface area contributed by atoms with Gasteiger partial charge in [-0.05, 0) is 31.5 Å². The second-order valence-corrected chi connectivity index (χ2v) is 5.25. The second-order valence-electron chi connectivity index (χ2n) is 5.25. The predicted molar refractivity (Wildman–Crippen MR) is 87.9 cm³/mol. The maximum absolute atomic E-state index is 11.9. The number of aryl methyl sites for hydroxylation is 2. The molecule has 2 rings (SSSR count). The van der Waals surface area contributed by atoms with Gasteiger partial charge in [-0.3, -0.25) is 14.9 Å². The summed E-state index contributed by atoms with van der Waals surface area (Å²) in [4.78, 5) is 33.9. The number of nitrogens with one attached hydrogen (secondary N) is 1. The zero-order valence-corrected chi connectivity index (χ0v) is 13.2. The van der Waals surface area contributed by atoms with Gasteiger partial charge in [-0.25, -0.2) is 4.79 Å². The van der Waals surface area contributed by atoms with Gasteiger partial charge in [0, 0.05) is 12.1 Å². The topological polar surface area (TPSA) is 98.5 Å². The lowest BCUT2D eigenvalue weighted by molar-refractivity contribution is -0.384. The molecule has 0 radical (unpaired) electrons. The van der Waals surface area contributed by atoms with Crippen LogP contribution in [0.25, 0.3) is 0 Å². The molecule has 0 saturated carbocycles. The van der Waals surface area contributed by atoms with Crippen molar-refractivity contribution < 1.29 is 19.2 Å². The third-order valence-corrected chi connectivity index (χ3v) is 3.33. The molecule has 0 fully saturated rings. The minimum atomic E-state index is -0.610. The predicted octanol–water partition coefficient (Wildman–Crippen LogP) is 3.01. The van der Waals surface area contributed by atoms with Crippen molar-refractivity contribution in [3.63, 3.8) is 0 Å². The average Bonchev–Trinajstić information content (AvgIpc) is 2.55. The summed E-state index contributed by atoms with van der Waals surface area (Å²) in [5, 5.41) is 13.3. The molecule has 0 aromatic heterocycles. The van der Waals surface area contributed by atoms with Crippen LogP contribution in [0.5, 0.6) is 0 Å². The lowest BCUT2D eigenvalue weighted by Crippen LogP contribution is -2.21. The number of amides is 1. The van der Waals surface area contributed by atoms with Crippen LogP contribution in [0.1, 0.15) is 21.5 Å². The van der Waals surface area contributed by atoms with Crippen molar-refractivity contribution in [2.75, 3.05) is 11.9 Å². The molecular formula is C17H16N2O5. The molecule has 0 aliphatic rings. The van der Waals surface area contributed by atoms with E-state index in [0.29, 0.717) is 16.8 Å². The molecule has 2 aromatic carbocycles. The Kier molecular flexibility index (Phi) is 5.26. The Morgan fingerprint density at radius 1 is 1.12 bits per heavy atom. The molecule has 1 N–H and O–H groups in total. The molecule has 0 atom stereocenters. The first-order valence-corrected chi connectivity index (χ1v) is 7.15. The third-order valence-electron chi connectivity index (χ3n) is 3.33. The molecule has 1 amide bonds. The largest absolute Gasteiger partial charge is 0.452 e. The summed E-state index contributed by atoms with van der Waals surface area (Å²) < 4.78 is 4.93. The molecule has 0 spiro atoms. The Morgan fingerprint density at radius 2 is 1.79 bits per heavy atom. The smallest absolute Gasteiger partial charge is 0.338 e. The summed E-state index contributed by atoms with van der Waals surface area (Å²) in [6.45, 7) is 3.12. The number of anilines is 1. The highest BCUT2D eigenvalue weighted by atomic mass is 16.6. The van der Waals surface area contributed by atoms with E-state index in [0.717, 1.165) is 5.56 Å². The second kappa shape index (κ2) is 7.36. The summed E-state index contributed by atoms with van der Waals surface area (Å²) in [5.41, 5.74) is 2.19. The van der Waals surface area contributed by atoms with E-state index in [1.54, 1.807) is 31.2 Å². The number of nitro benzene ring substituents is 1. The highest BCUT2D eigenvalue weighted by molar-refractivity contribution is 5.96. The standard InChI is InChI=1S/C17H16N2O5/c1-11-3-6-13(7-4-11)17(21)24-10-16(20)18-15-9-14(19(22)23)8-5-12(15)2/h3-9H,10H2,1-2H3,(H,18,20). The number of rotatable bonds is 5. The van der Waals surface area contributed by atoms with Gasteiger partial charge in [0.1, 0.15) is 0 Å². The van der Waals surface area contributed by atoms with Gasteiger partial charge in [0.2, 0.25) is 0 Å². The van der Waals surface area contributed by atoms with Crippen molar-refractivity contribution in [2.45, 2.75) is 13.8 Å². The molecule has 124 valence electrons.